The molecule has 156 valence electrons. The molecule has 1 N–H and O–H groups in total. The van der Waals surface area contributed by atoms with Crippen LogP contribution in [0.25, 0.3) is 5.57 Å². The minimum atomic E-state index is -1.02. The third-order valence-corrected chi connectivity index (χ3v) is 8.43. The molecule has 29 heavy (non-hydrogen) atoms. The molecule has 1 aromatic rings. The normalized spacial score (nSPS) is 40.3. The molecule has 6 atom stereocenters. The molecule has 0 amide bonds. The predicted octanol–water partition coefficient (Wildman–Crippen LogP) is 5.00. The summed E-state index contributed by atoms with van der Waals surface area (Å²) in [6.07, 6.45) is 12.1. The third-order valence-electron chi connectivity index (χ3n) is 8.43. The van der Waals surface area contributed by atoms with E-state index in [0.717, 1.165) is 44.1 Å². The minimum absolute atomic E-state index is 0.0830. The summed E-state index contributed by atoms with van der Waals surface area (Å²) in [7, 11) is 1.94. The van der Waals surface area contributed by atoms with Crippen molar-refractivity contribution in [2.75, 3.05) is 13.6 Å². The molecule has 1 aromatic heterocycles. The highest BCUT2D eigenvalue weighted by Crippen LogP contribution is 2.66. The Morgan fingerprint density at radius 2 is 2.17 bits per heavy atom. The predicted molar refractivity (Wildman–Crippen MR) is 115 cm³/mol. The number of nitrogens with zero attached hydrogens (tertiary/aromatic N) is 1. The summed E-state index contributed by atoms with van der Waals surface area (Å²) >= 11 is 0. The molecule has 0 bridgehead atoms. The van der Waals surface area contributed by atoms with Crippen molar-refractivity contribution in [1.82, 2.24) is 10.3 Å². The monoisotopic (exact) mass is 396 g/mol. The van der Waals surface area contributed by atoms with E-state index in [0.29, 0.717) is 24.2 Å². The molecule has 0 radical (unpaired) electrons. The van der Waals surface area contributed by atoms with Crippen LogP contribution in [-0.2, 0) is 4.79 Å². The van der Waals surface area contributed by atoms with Crippen molar-refractivity contribution in [1.29, 1.82) is 0 Å². The lowest BCUT2D eigenvalue weighted by Gasteiger charge is -2.57. The van der Waals surface area contributed by atoms with E-state index in [2.05, 4.69) is 36.3 Å². The Balaban J connectivity index is 1.68. The van der Waals surface area contributed by atoms with E-state index in [4.69, 9.17) is 0 Å². The van der Waals surface area contributed by atoms with E-state index < -0.39 is 6.17 Å². The number of pyridine rings is 1. The first kappa shape index (κ1) is 20.5. The number of carbonyl (C=O) groups is 1. The molecule has 4 heteroatoms. The highest BCUT2D eigenvalue weighted by molar-refractivity contribution is 5.72. The fourth-order valence-corrected chi connectivity index (χ4v) is 6.96. The zero-order chi connectivity index (χ0) is 20.6. The van der Waals surface area contributed by atoms with E-state index in [1.165, 1.54) is 17.2 Å². The number of alkyl halides is 1. The fraction of sp³-hybridized carbons (Fsp3) is 0.600. The number of aromatic nitrogens is 1. The second-order valence-electron chi connectivity index (χ2n) is 9.66. The SMILES string of the molecule is CNCCC1(C)/C(=C\C=O)C(F)CC2C3CC=C(c4cccnc4)C3(C)CCC21. The molecule has 0 aromatic carbocycles. The first-order chi connectivity index (χ1) is 14.0. The second-order valence-corrected chi connectivity index (χ2v) is 9.66. The quantitative estimate of drug-likeness (QED) is 0.562. The van der Waals surface area contributed by atoms with Crippen LogP contribution in [-0.4, -0.2) is 31.0 Å². The number of nitrogens with one attached hydrogen (secondary N) is 1. The number of rotatable bonds is 5. The van der Waals surface area contributed by atoms with Crippen LogP contribution >= 0.6 is 0 Å². The van der Waals surface area contributed by atoms with Gasteiger partial charge in [0.25, 0.3) is 0 Å². The van der Waals surface area contributed by atoms with Crippen LogP contribution in [0.15, 0.2) is 42.3 Å². The minimum Gasteiger partial charge on any atom is -0.320 e. The molecule has 0 aliphatic heterocycles. The van der Waals surface area contributed by atoms with E-state index in [1.54, 1.807) is 0 Å². The molecule has 4 rings (SSSR count). The van der Waals surface area contributed by atoms with Gasteiger partial charge in [0.2, 0.25) is 0 Å². The Hall–Kier alpha value is -1.81. The Morgan fingerprint density at radius 1 is 1.34 bits per heavy atom. The van der Waals surface area contributed by atoms with Crippen molar-refractivity contribution in [2.45, 2.75) is 52.1 Å². The highest BCUT2D eigenvalue weighted by atomic mass is 19.1. The van der Waals surface area contributed by atoms with Crippen LogP contribution in [0.2, 0.25) is 0 Å². The molecule has 3 nitrogen and oxygen atoms in total. The van der Waals surface area contributed by atoms with Gasteiger partial charge >= 0.3 is 0 Å². The number of hydrogen-bond acceptors (Lipinski definition) is 3. The summed E-state index contributed by atoms with van der Waals surface area (Å²) in [5.41, 5.74) is 3.16. The smallest absolute Gasteiger partial charge is 0.142 e. The Kier molecular flexibility index (Phi) is 5.50. The molecule has 2 saturated carbocycles. The lowest BCUT2D eigenvalue weighted by atomic mass is 9.47. The van der Waals surface area contributed by atoms with Gasteiger partial charge in [-0.2, -0.15) is 0 Å². The van der Waals surface area contributed by atoms with Gasteiger partial charge in [-0.3, -0.25) is 9.78 Å². The largest absolute Gasteiger partial charge is 0.320 e. The average Bonchev–Trinajstić information content (AvgIpc) is 3.08. The maximum atomic E-state index is 15.5. The summed E-state index contributed by atoms with van der Waals surface area (Å²) in [6, 6.07) is 4.15. The summed E-state index contributed by atoms with van der Waals surface area (Å²) in [5.74, 6) is 1.23. The number of aldehydes is 1. The van der Waals surface area contributed by atoms with E-state index >= 15 is 4.39 Å². The van der Waals surface area contributed by atoms with Gasteiger partial charge in [-0.05, 0) is 103 Å². The van der Waals surface area contributed by atoms with Crippen LogP contribution in [0, 0.1) is 28.6 Å². The van der Waals surface area contributed by atoms with Gasteiger partial charge in [-0.25, -0.2) is 4.39 Å². The number of hydrogen-bond donors (Lipinski definition) is 1. The summed E-state index contributed by atoms with van der Waals surface area (Å²) in [6.45, 7) is 5.43. The van der Waals surface area contributed by atoms with Gasteiger partial charge in [-0.15, -0.1) is 0 Å². The highest BCUT2D eigenvalue weighted by Gasteiger charge is 2.58. The van der Waals surface area contributed by atoms with Crippen LogP contribution in [0.1, 0.15) is 51.5 Å². The standard InChI is InChI=1S/C25H33FN2O/c1-24-10-8-21-18(20(24)7-6-19(24)17-5-4-12-28-16-17)15-23(26)22(9-14-29)25(21,2)11-13-27-3/h4-6,9,12,14,16,18,20-21,23,27H,7-8,10-11,13,15H2,1-3H3/b22-9-. The van der Waals surface area contributed by atoms with Gasteiger partial charge in [0.05, 0.1) is 0 Å². The van der Waals surface area contributed by atoms with Crippen molar-refractivity contribution in [3.05, 3.63) is 47.8 Å². The third kappa shape index (κ3) is 3.20. The lowest BCUT2D eigenvalue weighted by molar-refractivity contribution is -0.104. The lowest BCUT2D eigenvalue weighted by Crippen LogP contribution is -2.52. The molecule has 6 unspecified atom stereocenters. The summed E-state index contributed by atoms with van der Waals surface area (Å²) in [4.78, 5) is 15.6. The molecule has 3 aliphatic rings. The molecule has 2 fully saturated rings. The zero-order valence-corrected chi connectivity index (χ0v) is 17.8. The van der Waals surface area contributed by atoms with Crippen molar-refractivity contribution in [2.24, 2.45) is 28.6 Å². The van der Waals surface area contributed by atoms with Gasteiger partial charge in [0.15, 0.2) is 0 Å². The first-order valence-corrected chi connectivity index (χ1v) is 11.0. The summed E-state index contributed by atoms with van der Waals surface area (Å²) < 4.78 is 15.5. The Morgan fingerprint density at radius 3 is 2.86 bits per heavy atom. The fourth-order valence-electron chi connectivity index (χ4n) is 6.96. The summed E-state index contributed by atoms with van der Waals surface area (Å²) in [5, 5.41) is 3.24. The Labute approximate surface area is 173 Å². The molecule has 3 aliphatic carbocycles. The van der Waals surface area contributed by atoms with E-state index in [-0.39, 0.29) is 10.8 Å². The van der Waals surface area contributed by atoms with Gasteiger partial charge < -0.3 is 5.32 Å². The van der Waals surface area contributed by atoms with Crippen LogP contribution in [0.3, 0.4) is 0 Å². The number of carbonyl (C=O) groups excluding carboxylic acids is 1. The molecule has 0 saturated heterocycles. The van der Waals surface area contributed by atoms with Crippen molar-refractivity contribution in [3.63, 3.8) is 0 Å². The molecule has 1 heterocycles. The van der Waals surface area contributed by atoms with Crippen molar-refractivity contribution in [3.8, 4) is 0 Å². The van der Waals surface area contributed by atoms with E-state index in [1.807, 2.05) is 25.5 Å². The van der Waals surface area contributed by atoms with Crippen LogP contribution in [0.5, 0.6) is 0 Å². The maximum absolute atomic E-state index is 15.5. The number of halogens is 1. The topological polar surface area (TPSA) is 42.0 Å². The van der Waals surface area contributed by atoms with Gasteiger partial charge in [0.1, 0.15) is 12.5 Å². The average molecular weight is 397 g/mol. The van der Waals surface area contributed by atoms with E-state index in [9.17, 15) is 4.79 Å². The Bertz CT molecular complexity index is 819. The van der Waals surface area contributed by atoms with Crippen LogP contribution < -0.4 is 5.32 Å². The van der Waals surface area contributed by atoms with Crippen molar-refractivity contribution >= 4 is 11.9 Å². The molecular formula is C25H33FN2O. The second kappa shape index (κ2) is 7.79. The number of allylic oxidation sites excluding steroid dienone is 4. The maximum Gasteiger partial charge on any atom is 0.142 e. The van der Waals surface area contributed by atoms with Gasteiger partial charge in [-0.1, -0.05) is 26.0 Å². The molecule has 0 spiro atoms. The molecular weight excluding hydrogens is 363 g/mol. The van der Waals surface area contributed by atoms with Crippen LogP contribution in [0.4, 0.5) is 4.39 Å². The zero-order valence-electron chi connectivity index (χ0n) is 17.8. The number of fused-ring (bicyclic) bond motifs is 3. The van der Waals surface area contributed by atoms with Gasteiger partial charge in [0, 0.05) is 12.4 Å². The first-order valence-electron chi connectivity index (χ1n) is 11.0. The van der Waals surface area contributed by atoms with Crippen molar-refractivity contribution < 1.29 is 9.18 Å².